The summed E-state index contributed by atoms with van der Waals surface area (Å²) in [6, 6.07) is 0. The molecule has 1 unspecified atom stereocenters. The molecule has 0 aromatic rings. The van der Waals surface area contributed by atoms with Gasteiger partial charge in [-0.1, -0.05) is 0 Å². The molecule has 10 heteroatoms. The molecule has 4 nitrogen and oxygen atoms in total. The third kappa shape index (κ3) is 3.75. The van der Waals surface area contributed by atoms with E-state index in [2.05, 4.69) is 9.47 Å². The minimum atomic E-state index is -5.64. The second-order valence-electron chi connectivity index (χ2n) is 4.58. The molecule has 1 aliphatic rings. The van der Waals surface area contributed by atoms with Gasteiger partial charge in [0.25, 0.3) is 0 Å². The lowest BCUT2D eigenvalue weighted by atomic mass is 9.96. The summed E-state index contributed by atoms with van der Waals surface area (Å²) in [5, 5.41) is 0. The number of methoxy groups -OCH3 is 1. The van der Waals surface area contributed by atoms with Crippen molar-refractivity contribution in [1.82, 2.24) is 0 Å². The molecule has 20 heavy (non-hydrogen) atoms. The molecule has 0 amide bonds. The first-order chi connectivity index (χ1) is 8.93. The van der Waals surface area contributed by atoms with Crippen LogP contribution in [0.2, 0.25) is 0 Å². The van der Waals surface area contributed by atoms with Crippen molar-refractivity contribution >= 4 is 5.97 Å². The average Bonchev–Trinajstić information content (AvgIpc) is 3.07. The van der Waals surface area contributed by atoms with Gasteiger partial charge in [-0.05, 0) is 18.8 Å². The summed E-state index contributed by atoms with van der Waals surface area (Å²) in [5.41, 5.74) is 3.56. The Morgan fingerprint density at radius 1 is 1.20 bits per heavy atom. The molecule has 1 aliphatic carbocycles. The first-order valence-corrected chi connectivity index (χ1v) is 5.55. The lowest BCUT2D eigenvalue weighted by Crippen LogP contribution is -2.57. The van der Waals surface area contributed by atoms with Crippen LogP contribution in [0.3, 0.4) is 0 Å². The topological polar surface area (TPSA) is 61.5 Å². The van der Waals surface area contributed by atoms with Crippen LogP contribution in [0.4, 0.5) is 26.3 Å². The van der Waals surface area contributed by atoms with Crippen molar-refractivity contribution in [2.45, 2.75) is 36.8 Å². The number of hydrogen-bond acceptors (Lipinski definition) is 4. The molecule has 0 saturated heterocycles. The molecular formula is C10H13F6NO3. The average molecular weight is 309 g/mol. The fourth-order valence-corrected chi connectivity index (χ4v) is 1.73. The van der Waals surface area contributed by atoms with Crippen LogP contribution in [-0.4, -0.2) is 43.7 Å². The number of esters is 1. The monoisotopic (exact) mass is 309 g/mol. The predicted molar refractivity (Wildman–Crippen MR) is 53.5 cm³/mol. The van der Waals surface area contributed by atoms with Crippen molar-refractivity contribution < 1.29 is 40.6 Å². The molecule has 1 fully saturated rings. The number of nitrogens with two attached hydrogens (primary N) is 1. The van der Waals surface area contributed by atoms with Crippen LogP contribution in [0.25, 0.3) is 0 Å². The van der Waals surface area contributed by atoms with E-state index in [4.69, 9.17) is 5.73 Å². The Bertz CT molecular complexity index is 351. The van der Waals surface area contributed by atoms with E-state index in [9.17, 15) is 31.1 Å². The molecule has 1 rings (SSSR count). The summed E-state index contributed by atoms with van der Waals surface area (Å²) in [6.45, 7) is -1.21. The maximum absolute atomic E-state index is 12.3. The zero-order chi connectivity index (χ0) is 15.8. The van der Waals surface area contributed by atoms with Gasteiger partial charge in [0, 0.05) is 0 Å². The molecule has 0 aliphatic heterocycles. The van der Waals surface area contributed by atoms with Crippen LogP contribution in [0.15, 0.2) is 0 Å². The van der Waals surface area contributed by atoms with E-state index < -0.39 is 42.5 Å². The van der Waals surface area contributed by atoms with E-state index >= 15 is 0 Å². The van der Waals surface area contributed by atoms with E-state index in [1.807, 2.05) is 0 Å². The van der Waals surface area contributed by atoms with Crippen molar-refractivity contribution in [1.29, 1.82) is 0 Å². The highest BCUT2D eigenvalue weighted by atomic mass is 19.4. The van der Waals surface area contributed by atoms with E-state index in [0.717, 1.165) is 7.11 Å². The van der Waals surface area contributed by atoms with Crippen molar-refractivity contribution in [3.63, 3.8) is 0 Å². The Hall–Kier alpha value is -1.03. The van der Waals surface area contributed by atoms with Gasteiger partial charge in [-0.2, -0.15) is 26.3 Å². The Morgan fingerprint density at radius 3 is 1.95 bits per heavy atom. The Labute approximate surface area is 110 Å². The normalized spacial score (nSPS) is 19.9. The van der Waals surface area contributed by atoms with E-state index in [0.29, 0.717) is 12.8 Å². The SMILES string of the molecule is COC(=O)C(N)(COC(C(F)(F)F)C(F)(F)F)C1CC1. The molecule has 118 valence electrons. The largest absolute Gasteiger partial charge is 0.468 e. The first kappa shape index (κ1) is 17.0. The van der Waals surface area contributed by atoms with Crippen molar-refractivity contribution in [3.8, 4) is 0 Å². The molecule has 0 aromatic carbocycles. The first-order valence-electron chi connectivity index (χ1n) is 5.55. The number of alkyl halides is 6. The van der Waals surface area contributed by atoms with Gasteiger partial charge in [0.1, 0.15) is 5.54 Å². The number of ether oxygens (including phenoxy) is 2. The molecule has 1 saturated carbocycles. The van der Waals surface area contributed by atoms with Gasteiger partial charge in [0.05, 0.1) is 13.7 Å². The summed E-state index contributed by atoms with van der Waals surface area (Å²) < 4.78 is 81.9. The summed E-state index contributed by atoms with van der Waals surface area (Å²) in [5.74, 6) is -1.64. The Balaban J connectivity index is 2.82. The van der Waals surface area contributed by atoms with Crippen molar-refractivity contribution in [3.05, 3.63) is 0 Å². The summed E-state index contributed by atoms with van der Waals surface area (Å²) >= 11 is 0. The molecule has 0 spiro atoms. The maximum atomic E-state index is 12.3. The fourth-order valence-electron chi connectivity index (χ4n) is 1.73. The molecule has 0 aromatic heterocycles. The second-order valence-corrected chi connectivity index (χ2v) is 4.58. The van der Waals surface area contributed by atoms with Gasteiger partial charge in [0.2, 0.25) is 6.10 Å². The van der Waals surface area contributed by atoms with Crippen LogP contribution in [0.1, 0.15) is 12.8 Å². The number of halogens is 6. The molecule has 1 atom stereocenters. The smallest absolute Gasteiger partial charge is 0.423 e. The van der Waals surface area contributed by atoms with Crippen LogP contribution >= 0.6 is 0 Å². The molecule has 0 radical (unpaired) electrons. The van der Waals surface area contributed by atoms with Gasteiger partial charge >= 0.3 is 18.3 Å². The molecule has 2 N–H and O–H groups in total. The highest BCUT2D eigenvalue weighted by Crippen LogP contribution is 2.41. The maximum Gasteiger partial charge on any atom is 0.423 e. The molecule has 0 bridgehead atoms. The Morgan fingerprint density at radius 2 is 1.65 bits per heavy atom. The predicted octanol–water partition coefficient (Wildman–Crippen LogP) is 1.78. The van der Waals surface area contributed by atoms with Crippen LogP contribution in [-0.2, 0) is 14.3 Å². The van der Waals surface area contributed by atoms with E-state index in [-0.39, 0.29) is 0 Å². The lowest BCUT2D eigenvalue weighted by Gasteiger charge is -2.30. The van der Waals surface area contributed by atoms with Gasteiger partial charge in [-0.3, -0.25) is 0 Å². The van der Waals surface area contributed by atoms with Crippen molar-refractivity contribution in [2.75, 3.05) is 13.7 Å². The highest BCUT2D eigenvalue weighted by Gasteiger charge is 2.60. The Kier molecular flexibility index (Phi) is 4.59. The quantitative estimate of drug-likeness (QED) is 0.621. The van der Waals surface area contributed by atoms with Crippen molar-refractivity contribution in [2.24, 2.45) is 11.7 Å². The summed E-state index contributed by atoms with van der Waals surface area (Å²) in [4.78, 5) is 11.4. The second kappa shape index (κ2) is 5.40. The third-order valence-electron chi connectivity index (χ3n) is 2.95. The zero-order valence-electron chi connectivity index (χ0n) is 10.3. The number of hydrogen-bond donors (Lipinski definition) is 1. The zero-order valence-corrected chi connectivity index (χ0v) is 10.3. The standard InChI is InChI=1S/C10H13F6NO3/c1-19-7(18)8(17,5-2-3-5)4-20-6(9(11,12)13)10(14,15)16/h5-6H,2-4,17H2,1H3. The number of carbonyl (C=O) groups is 1. The highest BCUT2D eigenvalue weighted by molar-refractivity contribution is 5.81. The van der Waals surface area contributed by atoms with Gasteiger partial charge < -0.3 is 15.2 Å². The van der Waals surface area contributed by atoms with Crippen LogP contribution < -0.4 is 5.73 Å². The minimum Gasteiger partial charge on any atom is -0.468 e. The van der Waals surface area contributed by atoms with Crippen LogP contribution in [0, 0.1) is 5.92 Å². The fraction of sp³-hybridized carbons (Fsp3) is 0.900. The van der Waals surface area contributed by atoms with Gasteiger partial charge in [-0.15, -0.1) is 0 Å². The van der Waals surface area contributed by atoms with Gasteiger partial charge in [0.15, 0.2) is 0 Å². The lowest BCUT2D eigenvalue weighted by molar-refractivity contribution is -0.324. The molecule has 0 heterocycles. The van der Waals surface area contributed by atoms with E-state index in [1.54, 1.807) is 0 Å². The number of carbonyl (C=O) groups excluding carboxylic acids is 1. The number of rotatable bonds is 5. The van der Waals surface area contributed by atoms with Crippen LogP contribution in [0.5, 0.6) is 0 Å². The third-order valence-corrected chi connectivity index (χ3v) is 2.95. The molecular weight excluding hydrogens is 296 g/mol. The minimum absolute atomic E-state index is 0.414. The van der Waals surface area contributed by atoms with Gasteiger partial charge in [-0.25, -0.2) is 4.79 Å². The summed E-state index contributed by atoms with van der Waals surface area (Å²) in [6.07, 6.45) is -14.4. The summed E-state index contributed by atoms with van der Waals surface area (Å²) in [7, 11) is 0.942. The van der Waals surface area contributed by atoms with E-state index in [1.165, 1.54) is 0 Å².